The van der Waals surface area contributed by atoms with Crippen LogP contribution in [-0.2, 0) is 0 Å². The Bertz CT molecular complexity index is 497. The number of nitrogens with zero attached hydrogens (tertiary/aromatic N) is 2. The zero-order chi connectivity index (χ0) is 13.7. The summed E-state index contributed by atoms with van der Waals surface area (Å²) in [4.78, 5) is 11.1. The molecule has 0 spiro atoms. The number of thiocarbonyl (C=S) groups is 1. The SMILES string of the molecule is CCNc1sc(C(C)=NNC(N)=S)cc1[N+](=O)[O-]. The fourth-order valence-corrected chi connectivity index (χ4v) is 2.26. The molecule has 0 radical (unpaired) electrons. The molecule has 0 saturated heterocycles. The Morgan fingerprint density at radius 1 is 1.72 bits per heavy atom. The van der Waals surface area contributed by atoms with Gasteiger partial charge in [0, 0.05) is 12.6 Å². The Morgan fingerprint density at radius 3 is 2.89 bits per heavy atom. The summed E-state index contributed by atoms with van der Waals surface area (Å²) >= 11 is 5.88. The third kappa shape index (κ3) is 3.64. The number of thiophene rings is 1. The molecule has 98 valence electrons. The van der Waals surface area contributed by atoms with E-state index in [1.54, 1.807) is 6.92 Å². The van der Waals surface area contributed by atoms with Crippen molar-refractivity contribution >= 4 is 45.1 Å². The van der Waals surface area contributed by atoms with Crippen LogP contribution in [0.1, 0.15) is 18.7 Å². The first-order valence-electron chi connectivity index (χ1n) is 5.08. The molecule has 0 saturated carbocycles. The smallest absolute Gasteiger partial charge is 0.304 e. The fourth-order valence-electron chi connectivity index (χ4n) is 1.18. The molecule has 0 aliphatic heterocycles. The van der Waals surface area contributed by atoms with E-state index >= 15 is 0 Å². The van der Waals surface area contributed by atoms with Crippen molar-refractivity contribution in [2.75, 3.05) is 11.9 Å². The van der Waals surface area contributed by atoms with Gasteiger partial charge in [-0.25, -0.2) is 0 Å². The van der Waals surface area contributed by atoms with E-state index < -0.39 is 4.92 Å². The molecule has 0 aromatic carbocycles. The van der Waals surface area contributed by atoms with Crippen molar-refractivity contribution in [3.05, 3.63) is 21.1 Å². The van der Waals surface area contributed by atoms with Crippen LogP contribution in [0.15, 0.2) is 11.2 Å². The van der Waals surface area contributed by atoms with E-state index in [4.69, 9.17) is 5.73 Å². The number of rotatable bonds is 5. The third-order valence-electron chi connectivity index (χ3n) is 1.94. The van der Waals surface area contributed by atoms with E-state index in [1.807, 2.05) is 6.92 Å². The Labute approximate surface area is 113 Å². The first-order chi connectivity index (χ1) is 8.45. The van der Waals surface area contributed by atoms with Crippen LogP contribution in [0.3, 0.4) is 0 Å². The minimum atomic E-state index is -0.424. The highest BCUT2D eigenvalue weighted by Gasteiger charge is 2.19. The van der Waals surface area contributed by atoms with Crippen molar-refractivity contribution in [2.45, 2.75) is 13.8 Å². The maximum atomic E-state index is 10.9. The second kappa shape index (κ2) is 6.26. The summed E-state index contributed by atoms with van der Waals surface area (Å²) in [5.41, 5.74) is 8.32. The van der Waals surface area contributed by atoms with Gasteiger partial charge in [-0.3, -0.25) is 15.5 Å². The number of hydrogen-bond donors (Lipinski definition) is 3. The Balaban J connectivity index is 3.03. The number of nitrogens with two attached hydrogens (primary N) is 1. The molecule has 0 aliphatic rings. The molecule has 18 heavy (non-hydrogen) atoms. The van der Waals surface area contributed by atoms with Crippen molar-refractivity contribution in [2.24, 2.45) is 10.8 Å². The van der Waals surface area contributed by atoms with Crippen molar-refractivity contribution in [3.63, 3.8) is 0 Å². The lowest BCUT2D eigenvalue weighted by Gasteiger charge is -1.98. The summed E-state index contributed by atoms with van der Waals surface area (Å²) < 4.78 is 0. The molecule has 0 bridgehead atoms. The largest absolute Gasteiger partial charge is 0.375 e. The summed E-state index contributed by atoms with van der Waals surface area (Å²) in [6.07, 6.45) is 0. The van der Waals surface area contributed by atoms with Gasteiger partial charge < -0.3 is 11.1 Å². The molecule has 0 amide bonds. The van der Waals surface area contributed by atoms with Crippen LogP contribution in [0.4, 0.5) is 10.7 Å². The molecule has 7 nitrogen and oxygen atoms in total. The normalized spacial score (nSPS) is 11.1. The zero-order valence-electron chi connectivity index (χ0n) is 9.89. The van der Waals surface area contributed by atoms with Gasteiger partial charge in [0.05, 0.1) is 15.5 Å². The molecule has 0 unspecified atom stereocenters. The molecule has 1 aromatic heterocycles. The summed E-state index contributed by atoms with van der Waals surface area (Å²) in [6.45, 7) is 4.21. The maximum absolute atomic E-state index is 10.9. The topological polar surface area (TPSA) is 106 Å². The predicted molar refractivity (Wildman–Crippen MR) is 77.3 cm³/mol. The maximum Gasteiger partial charge on any atom is 0.304 e. The van der Waals surface area contributed by atoms with Crippen molar-refractivity contribution in [3.8, 4) is 0 Å². The molecule has 1 heterocycles. The van der Waals surface area contributed by atoms with E-state index in [9.17, 15) is 10.1 Å². The second-order valence-corrected chi connectivity index (χ2v) is 4.78. The molecule has 1 rings (SSSR count). The molecular formula is C9H13N5O2S2. The standard InChI is InChI=1S/C9H13N5O2S2/c1-3-11-8-6(14(15)16)4-7(18-8)5(2)12-13-9(10)17/h4,11H,3H2,1-2H3,(H3,10,13,17). The molecule has 9 heteroatoms. The number of hydrogen-bond acceptors (Lipinski definition) is 6. The minimum absolute atomic E-state index is 0.0433. The average Bonchev–Trinajstić information content (AvgIpc) is 2.70. The molecule has 0 fully saturated rings. The van der Waals surface area contributed by atoms with Gasteiger partial charge in [0.25, 0.3) is 0 Å². The van der Waals surface area contributed by atoms with E-state index in [-0.39, 0.29) is 10.8 Å². The van der Waals surface area contributed by atoms with E-state index in [0.717, 1.165) is 0 Å². The van der Waals surface area contributed by atoms with E-state index in [2.05, 4.69) is 28.1 Å². The minimum Gasteiger partial charge on any atom is -0.375 e. The van der Waals surface area contributed by atoms with Gasteiger partial charge in [-0.1, -0.05) is 0 Å². The van der Waals surface area contributed by atoms with Crippen LogP contribution in [-0.4, -0.2) is 22.3 Å². The molecule has 4 N–H and O–H groups in total. The summed E-state index contributed by atoms with van der Waals surface area (Å²) in [5, 5.41) is 18.3. The van der Waals surface area contributed by atoms with E-state index in [1.165, 1.54) is 17.4 Å². The van der Waals surface area contributed by atoms with Crippen LogP contribution < -0.4 is 16.5 Å². The van der Waals surface area contributed by atoms with Gasteiger partial charge in [0.15, 0.2) is 10.1 Å². The molecule has 1 aromatic rings. The van der Waals surface area contributed by atoms with Crippen molar-refractivity contribution in [1.29, 1.82) is 0 Å². The predicted octanol–water partition coefficient (Wildman–Crippen LogP) is 1.65. The average molecular weight is 287 g/mol. The lowest BCUT2D eigenvalue weighted by atomic mass is 10.3. The lowest BCUT2D eigenvalue weighted by Crippen LogP contribution is -2.25. The van der Waals surface area contributed by atoms with Crippen LogP contribution in [0, 0.1) is 10.1 Å². The summed E-state index contributed by atoms with van der Waals surface area (Å²) in [5.74, 6) is 0. The highest BCUT2D eigenvalue weighted by atomic mass is 32.1. The number of anilines is 1. The summed E-state index contributed by atoms with van der Waals surface area (Å²) in [6, 6.07) is 1.47. The van der Waals surface area contributed by atoms with Crippen LogP contribution in [0.25, 0.3) is 0 Å². The van der Waals surface area contributed by atoms with Crippen molar-refractivity contribution in [1.82, 2.24) is 5.43 Å². The lowest BCUT2D eigenvalue weighted by molar-refractivity contribution is -0.383. The molecule has 0 atom stereocenters. The number of nitro groups is 1. The number of hydrazone groups is 1. The van der Waals surface area contributed by atoms with Crippen LogP contribution in [0.2, 0.25) is 0 Å². The Hall–Kier alpha value is -1.74. The van der Waals surface area contributed by atoms with E-state index in [0.29, 0.717) is 22.1 Å². The first-order valence-corrected chi connectivity index (χ1v) is 6.30. The third-order valence-corrected chi connectivity index (χ3v) is 3.22. The van der Waals surface area contributed by atoms with Gasteiger partial charge in [-0.2, -0.15) is 5.10 Å². The van der Waals surface area contributed by atoms with Gasteiger partial charge in [0.1, 0.15) is 0 Å². The van der Waals surface area contributed by atoms with Gasteiger partial charge in [-0.05, 0) is 26.1 Å². The second-order valence-electron chi connectivity index (χ2n) is 3.29. The Morgan fingerprint density at radius 2 is 2.39 bits per heavy atom. The van der Waals surface area contributed by atoms with Gasteiger partial charge in [-0.15, -0.1) is 11.3 Å². The van der Waals surface area contributed by atoms with Crippen LogP contribution in [0.5, 0.6) is 0 Å². The first kappa shape index (κ1) is 14.3. The van der Waals surface area contributed by atoms with Crippen molar-refractivity contribution < 1.29 is 4.92 Å². The quantitative estimate of drug-likeness (QED) is 0.329. The highest BCUT2D eigenvalue weighted by Crippen LogP contribution is 2.34. The zero-order valence-corrected chi connectivity index (χ0v) is 11.5. The monoisotopic (exact) mass is 287 g/mol. The summed E-state index contributed by atoms with van der Waals surface area (Å²) in [7, 11) is 0. The van der Waals surface area contributed by atoms with Gasteiger partial charge >= 0.3 is 5.69 Å². The van der Waals surface area contributed by atoms with Gasteiger partial charge in [0.2, 0.25) is 0 Å². The molecular weight excluding hydrogens is 274 g/mol. The van der Waals surface area contributed by atoms with Crippen LogP contribution >= 0.6 is 23.6 Å². The highest BCUT2D eigenvalue weighted by molar-refractivity contribution is 7.80. The number of nitrogens with one attached hydrogen (secondary N) is 2. The Kier molecular flexibility index (Phi) is 4.98. The molecule has 0 aliphatic carbocycles. The fraction of sp³-hybridized carbons (Fsp3) is 0.333.